The average molecular weight is 332 g/mol. The smallest absolute Gasteiger partial charge is 0.269 e. The van der Waals surface area contributed by atoms with Crippen LogP contribution >= 0.6 is 12.2 Å². The second-order valence-electron chi connectivity index (χ2n) is 5.39. The van der Waals surface area contributed by atoms with Gasteiger partial charge >= 0.3 is 0 Å². The Kier molecular flexibility index (Phi) is 5.75. The van der Waals surface area contributed by atoms with Crippen LogP contribution in [0.2, 0.25) is 0 Å². The van der Waals surface area contributed by atoms with E-state index in [4.69, 9.17) is 12.2 Å². The van der Waals surface area contributed by atoms with Crippen LogP contribution in [0.15, 0.2) is 24.3 Å². The molecule has 0 spiro atoms. The first-order valence-corrected chi connectivity index (χ1v) is 7.90. The molecule has 0 aliphatic rings. The first-order chi connectivity index (χ1) is 11.0. The van der Waals surface area contributed by atoms with Crippen molar-refractivity contribution in [2.45, 2.75) is 39.7 Å². The summed E-state index contributed by atoms with van der Waals surface area (Å²) in [4.78, 5) is 13.6. The highest BCUT2D eigenvalue weighted by Crippen LogP contribution is 2.14. The highest BCUT2D eigenvalue weighted by Gasteiger charge is 2.10. The molecular formula is C15H20N6OS. The number of nitrogens with one attached hydrogen (secondary N) is 2. The fraction of sp³-hybridized carbons (Fsp3) is 0.400. The molecule has 7 nitrogen and oxygen atoms in total. The van der Waals surface area contributed by atoms with Gasteiger partial charge in [-0.2, -0.15) is 4.80 Å². The number of benzene rings is 1. The number of carbonyl (C=O) groups excluding carboxylic acids is 1. The summed E-state index contributed by atoms with van der Waals surface area (Å²) in [6, 6.07) is 7.44. The van der Waals surface area contributed by atoms with E-state index in [1.165, 1.54) is 10.4 Å². The molecule has 2 N–H and O–H groups in total. The monoisotopic (exact) mass is 332 g/mol. The van der Waals surface area contributed by atoms with Crippen LogP contribution in [0.4, 0.5) is 5.95 Å². The van der Waals surface area contributed by atoms with E-state index in [1.54, 1.807) is 12.1 Å². The van der Waals surface area contributed by atoms with Crippen LogP contribution in [-0.2, 0) is 6.54 Å². The zero-order valence-electron chi connectivity index (χ0n) is 13.4. The summed E-state index contributed by atoms with van der Waals surface area (Å²) in [6.07, 6.45) is 0.906. The molecule has 1 amide bonds. The van der Waals surface area contributed by atoms with E-state index in [9.17, 15) is 4.79 Å². The van der Waals surface area contributed by atoms with E-state index in [0.29, 0.717) is 18.0 Å². The number of rotatable bonds is 5. The third-order valence-corrected chi connectivity index (χ3v) is 3.37. The topological polar surface area (TPSA) is 84.7 Å². The first-order valence-electron chi connectivity index (χ1n) is 7.49. The van der Waals surface area contributed by atoms with Crippen molar-refractivity contribution in [2.75, 3.05) is 5.32 Å². The number of aromatic nitrogens is 4. The van der Waals surface area contributed by atoms with Gasteiger partial charge in [-0.25, -0.2) is 0 Å². The third kappa shape index (κ3) is 4.82. The number of aryl methyl sites for hydroxylation is 1. The predicted octanol–water partition coefficient (Wildman–Crippen LogP) is 2.33. The molecular weight excluding hydrogens is 312 g/mol. The van der Waals surface area contributed by atoms with Crippen LogP contribution in [0.25, 0.3) is 0 Å². The number of anilines is 1. The van der Waals surface area contributed by atoms with Gasteiger partial charge in [0.1, 0.15) is 0 Å². The standard InChI is InChI=1S/C15H20N6OS/c1-4-9-21-19-14(18-20-21)17-15(23)16-13(22)12-7-5-11(6-8-12)10(2)3/h5-8,10H,4,9H2,1-3H3,(H2,16,17,19,22,23). The lowest BCUT2D eigenvalue weighted by atomic mass is 10.0. The summed E-state index contributed by atoms with van der Waals surface area (Å²) < 4.78 is 0. The van der Waals surface area contributed by atoms with Crippen LogP contribution < -0.4 is 10.6 Å². The Labute approximate surface area is 140 Å². The first kappa shape index (κ1) is 17.0. The molecule has 0 saturated heterocycles. The number of carbonyl (C=O) groups is 1. The van der Waals surface area contributed by atoms with E-state index < -0.39 is 0 Å². The molecule has 0 aliphatic carbocycles. The van der Waals surface area contributed by atoms with Gasteiger partial charge in [0.2, 0.25) is 0 Å². The number of amides is 1. The second kappa shape index (κ2) is 7.77. The van der Waals surface area contributed by atoms with E-state index in [-0.39, 0.29) is 17.0 Å². The fourth-order valence-corrected chi connectivity index (χ4v) is 2.10. The minimum absolute atomic E-state index is 0.138. The lowest BCUT2D eigenvalue weighted by Gasteiger charge is -2.08. The van der Waals surface area contributed by atoms with Crippen molar-refractivity contribution in [1.29, 1.82) is 0 Å². The van der Waals surface area contributed by atoms with Gasteiger partial charge in [0, 0.05) is 5.56 Å². The maximum Gasteiger partial charge on any atom is 0.269 e. The highest BCUT2D eigenvalue weighted by atomic mass is 32.1. The molecule has 8 heteroatoms. The van der Waals surface area contributed by atoms with E-state index in [1.807, 2.05) is 19.1 Å². The van der Waals surface area contributed by atoms with Crippen molar-refractivity contribution >= 4 is 29.2 Å². The Morgan fingerprint density at radius 2 is 2.00 bits per heavy atom. The van der Waals surface area contributed by atoms with Crippen LogP contribution in [-0.4, -0.2) is 31.2 Å². The Balaban J connectivity index is 1.92. The Morgan fingerprint density at radius 1 is 1.30 bits per heavy atom. The van der Waals surface area contributed by atoms with Crippen molar-refractivity contribution in [2.24, 2.45) is 0 Å². The van der Waals surface area contributed by atoms with Crippen molar-refractivity contribution in [3.63, 3.8) is 0 Å². The number of nitrogens with zero attached hydrogens (tertiary/aromatic N) is 4. The quantitative estimate of drug-likeness (QED) is 0.818. The largest absolute Gasteiger partial charge is 0.299 e. The number of hydrogen-bond acceptors (Lipinski definition) is 5. The molecule has 1 heterocycles. The molecule has 1 aromatic carbocycles. The summed E-state index contributed by atoms with van der Waals surface area (Å²) in [6.45, 7) is 6.90. The van der Waals surface area contributed by atoms with Crippen molar-refractivity contribution in [3.05, 3.63) is 35.4 Å². The molecule has 0 unspecified atom stereocenters. The molecule has 2 rings (SSSR count). The predicted molar refractivity (Wildman–Crippen MR) is 92.3 cm³/mol. The van der Waals surface area contributed by atoms with Gasteiger partial charge in [0.05, 0.1) is 6.54 Å². The molecule has 2 aromatic rings. The summed E-state index contributed by atoms with van der Waals surface area (Å²) in [5, 5.41) is 17.3. The fourth-order valence-electron chi connectivity index (χ4n) is 1.92. The van der Waals surface area contributed by atoms with Gasteiger partial charge in [0.15, 0.2) is 5.11 Å². The third-order valence-electron chi connectivity index (χ3n) is 3.17. The zero-order chi connectivity index (χ0) is 16.8. The summed E-state index contributed by atoms with van der Waals surface area (Å²) in [5.74, 6) is 0.407. The summed E-state index contributed by atoms with van der Waals surface area (Å²) in [7, 11) is 0. The maximum atomic E-state index is 12.1. The van der Waals surface area contributed by atoms with Gasteiger partial charge in [-0.1, -0.05) is 38.0 Å². The van der Waals surface area contributed by atoms with Gasteiger partial charge in [0.25, 0.3) is 11.9 Å². The van der Waals surface area contributed by atoms with E-state index in [0.717, 1.165) is 6.42 Å². The van der Waals surface area contributed by atoms with Crippen molar-refractivity contribution in [3.8, 4) is 0 Å². The van der Waals surface area contributed by atoms with Gasteiger partial charge in [-0.15, -0.1) is 5.10 Å². The molecule has 0 radical (unpaired) electrons. The minimum atomic E-state index is -0.279. The lowest BCUT2D eigenvalue weighted by molar-refractivity contribution is 0.0977. The molecule has 1 aromatic heterocycles. The molecule has 122 valence electrons. The van der Waals surface area contributed by atoms with E-state index in [2.05, 4.69) is 39.9 Å². The Bertz CT molecular complexity index is 680. The second-order valence-corrected chi connectivity index (χ2v) is 5.80. The number of hydrogen-bond donors (Lipinski definition) is 2. The summed E-state index contributed by atoms with van der Waals surface area (Å²) >= 11 is 5.09. The molecule has 23 heavy (non-hydrogen) atoms. The lowest BCUT2D eigenvalue weighted by Crippen LogP contribution is -2.34. The van der Waals surface area contributed by atoms with E-state index >= 15 is 0 Å². The highest BCUT2D eigenvalue weighted by molar-refractivity contribution is 7.80. The van der Waals surface area contributed by atoms with Crippen LogP contribution in [0.1, 0.15) is 49.0 Å². The molecule has 0 bridgehead atoms. The Morgan fingerprint density at radius 3 is 2.61 bits per heavy atom. The molecule has 0 fully saturated rings. The Hall–Kier alpha value is -2.35. The van der Waals surface area contributed by atoms with Crippen LogP contribution in [0, 0.1) is 0 Å². The van der Waals surface area contributed by atoms with Gasteiger partial charge in [-0.05, 0) is 47.5 Å². The van der Waals surface area contributed by atoms with Crippen molar-refractivity contribution < 1.29 is 4.79 Å². The van der Waals surface area contributed by atoms with Gasteiger partial charge < -0.3 is 0 Å². The SMILES string of the molecule is CCCn1nnc(NC(=S)NC(=O)c2ccc(C(C)C)cc2)n1. The molecule has 0 saturated carbocycles. The van der Waals surface area contributed by atoms with Crippen LogP contribution in [0.3, 0.4) is 0 Å². The van der Waals surface area contributed by atoms with Crippen molar-refractivity contribution in [1.82, 2.24) is 25.5 Å². The molecule has 0 atom stereocenters. The number of tetrazole rings is 1. The number of thiocarbonyl (C=S) groups is 1. The average Bonchev–Trinajstić information content (AvgIpc) is 2.94. The van der Waals surface area contributed by atoms with Gasteiger partial charge in [-0.3, -0.25) is 15.4 Å². The summed E-state index contributed by atoms with van der Waals surface area (Å²) in [5.41, 5.74) is 1.72. The maximum absolute atomic E-state index is 12.1. The van der Waals surface area contributed by atoms with Crippen LogP contribution in [0.5, 0.6) is 0 Å². The minimum Gasteiger partial charge on any atom is -0.299 e. The zero-order valence-corrected chi connectivity index (χ0v) is 14.2. The molecule has 0 aliphatic heterocycles. The normalized spacial score (nSPS) is 10.6.